The van der Waals surface area contributed by atoms with E-state index in [4.69, 9.17) is 4.74 Å². The fourth-order valence-corrected chi connectivity index (χ4v) is 2.05. The highest BCUT2D eigenvalue weighted by atomic mass is 16.6. The molecule has 0 amide bonds. The number of hydrogen-bond donors (Lipinski definition) is 1. The number of likely N-dealkylation sites (N-methyl/N-ethyl adjacent to an activating group) is 1. The third-order valence-corrected chi connectivity index (χ3v) is 3.31. The normalized spacial score (nSPS) is 10.7. The van der Waals surface area contributed by atoms with Crippen LogP contribution in [-0.4, -0.2) is 42.6 Å². The average Bonchev–Trinajstić information content (AvgIpc) is 2.49. The standard InChI is InChI=1S/C15H25N3O3/c1-4-10-16-13-8-7-9-14(15(13)18(19)20)21-12-11-17(5-2)6-3/h7-9,16H,4-6,10-12H2,1-3H3. The van der Waals surface area contributed by atoms with Crippen molar-refractivity contribution in [3.63, 3.8) is 0 Å². The fourth-order valence-electron chi connectivity index (χ4n) is 2.05. The van der Waals surface area contributed by atoms with Crippen LogP contribution in [0.15, 0.2) is 18.2 Å². The zero-order valence-corrected chi connectivity index (χ0v) is 13.1. The van der Waals surface area contributed by atoms with Gasteiger partial charge in [0.25, 0.3) is 0 Å². The van der Waals surface area contributed by atoms with Gasteiger partial charge in [0.05, 0.1) is 4.92 Å². The van der Waals surface area contributed by atoms with E-state index in [2.05, 4.69) is 24.1 Å². The second-order valence-corrected chi connectivity index (χ2v) is 4.71. The molecule has 1 aromatic rings. The van der Waals surface area contributed by atoms with Crippen molar-refractivity contribution >= 4 is 11.4 Å². The van der Waals surface area contributed by atoms with E-state index in [9.17, 15) is 10.1 Å². The lowest BCUT2D eigenvalue weighted by Gasteiger charge is -2.18. The quantitative estimate of drug-likeness (QED) is 0.530. The molecule has 0 unspecified atom stereocenters. The largest absolute Gasteiger partial charge is 0.485 e. The van der Waals surface area contributed by atoms with Gasteiger partial charge in [-0.25, -0.2) is 0 Å². The van der Waals surface area contributed by atoms with E-state index in [1.165, 1.54) is 0 Å². The van der Waals surface area contributed by atoms with Crippen LogP contribution in [0.2, 0.25) is 0 Å². The van der Waals surface area contributed by atoms with Gasteiger partial charge in [-0.05, 0) is 31.6 Å². The molecule has 0 atom stereocenters. The summed E-state index contributed by atoms with van der Waals surface area (Å²) in [5.74, 6) is 0.327. The molecule has 0 radical (unpaired) electrons. The zero-order chi connectivity index (χ0) is 15.7. The van der Waals surface area contributed by atoms with E-state index in [1.807, 2.05) is 6.92 Å². The van der Waals surface area contributed by atoms with Crippen molar-refractivity contribution in [1.82, 2.24) is 4.90 Å². The Kier molecular flexibility index (Phi) is 7.53. The molecule has 0 fully saturated rings. The van der Waals surface area contributed by atoms with Crippen molar-refractivity contribution in [1.29, 1.82) is 0 Å². The second-order valence-electron chi connectivity index (χ2n) is 4.71. The molecule has 118 valence electrons. The first-order chi connectivity index (χ1) is 10.1. The molecule has 0 aliphatic heterocycles. The molecule has 1 N–H and O–H groups in total. The van der Waals surface area contributed by atoms with Crippen LogP contribution in [0.1, 0.15) is 27.2 Å². The summed E-state index contributed by atoms with van der Waals surface area (Å²) in [6.07, 6.45) is 0.907. The van der Waals surface area contributed by atoms with E-state index in [-0.39, 0.29) is 10.6 Å². The van der Waals surface area contributed by atoms with Crippen LogP contribution in [0.25, 0.3) is 0 Å². The number of ether oxygens (including phenoxy) is 1. The number of nitrogens with one attached hydrogen (secondary N) is 1. The molecule has 1 rings (SSSR count). The molecule has 0 aliphatic rings. The van der Waals surface area contributed by atoms with E-state index in [1.54, 1.807) is 18.2 Å². The first-order valence-corrected chi connectivity index (χ1v) is 7.50. The molecule has 21 heavy (non-hydrogen) atoms. The van der Waals surface area contributed by atoms with Crippen LogP contribution in [0.5, 0.6) is 5.75 Å². The summed E-state index contributed by atoms with van der Waals surface area (Å²) in [4.78, 5) is 13.1. The topological polar surface area (TPSA) is 67.6 Å². The predicted molar refractivity (Wildman–Crippen MR) is 85.2 cm³/mol. The Morgan fingerprint density at radius 2 is 2.00 bits per heavy atom. The lowest BCUT2D eigenvalue weighted by atomic mass is 10.2. The van der Waals surface area contributed by atoms with E-state index in [0.717, 1.165) is 26.1 Å². The highest BCUT2D eigenvalue weighted by Crippen LogP contribution is 2.34. The lowest BCUT2D eigenvalue weighted by molar-refractivity contribution is -0.385. The van der Waals surface area contributed by atoms with E-state index in [0.29, 0.717) is 24.6 Å². The van der Waals surface area contributed by atoms with Gasteiger partial charge in [0.2, 0.25) is 0 Å². The maximum Gasteiger partial charge on any atom is 0.333 e. The van der Waals surface area contributed by atoms with Crippen LogP contribution in [0.4, 0.5) is 11.4 Å². The van der Waals surface area contributed by atoms with E-state index >= 15 is 0 Å². The van der Waals surface area contributed by atoms with Crippen molar-refractivity contribution in [2.24, 2.45) is 0 Å². The fraction of sp³-hybridized carbons (Fsp3) is 0.600. The summed E-state index contributed by atoms with van der Waals surface area (Å²) in [6.45, 7) is 9.98. The molecular formula is C15H25N3O3. The highest BCUT2D eigenvalue weighted by molar-refractivity contribution is 5.68. The Morgan fingerprint density at radius 3 is 2.57 bits per heavy atom. The molecular weight excluding hydrogens is 270 g/mol. The molecule has 0 spiro atoms. The SMILES string of the molecule is CCCNc1cccc(OCCN(CC)CC)c1[N+](=O)[O-]. The molecule has 0 saturated heterocycles. The number of benzene rings is 1. The minimum atomic E-state index is -0.384. The molecule has 0 aromatic heterocycles. The van der Waals surface area contributed by atoms with Crippen molar-refractivity contribution in [3.05, 3.63) is 28.3 Å². The number of para-hydroxylation sites is 1. The Bertz CT molecular complexity index is 448. The number of rotatable bonds is 10. The molecule has 0 saturated carbocycles. The van der Waals surface area contributed by atoms with Gasteiger partial charge in [0, 0.05) is 13.1 Å². The molecule has 0 heterocycles. The van der Waals surface area contributed by atoms with Crippen LogP contribution in [0, 0.1) is 10.1 Å². The van der Waals surface area contributed by atoms with Gasteiger partial charge in [-0.1, -0.05) is 26.8 Å². The van der Waals surface area contributed by atoms with Gasteiger partial charge in [-0.15, -0.1) is 0 Å². The lowest BCUT2D eigenvalue weighted by Crippen LogP contribution is -2.28. The molecule has 0 bridgehead atoms. The minimum absolute atomic E-state index is 0.0190. The predicted octanol–water partition coefficient (Wildman–Crippen LogP) is 3.14. The number of hydrogen-bond acceptors (Lipinski definition) is 5. The summed E-state index contributed by atoms with van der Waals surface area (Å²) >= 11 is 0. The number of anilines is 1. The van der Waals surface area contributed by atoms with Gasteiger partial charge >= 0.3 is 5.69 Å². The first kappa shape index (κ1) is 17.2. The smallest absolute Gasteiger partial charge is 0.333 e. The second kappa shape index (κ2) is 9.18. The molecule has 1 aromatic carbocycles. The van der Waals surface area contributed by atoms with Gasteiger partial charge in [0.15, 0.2) is 5.75 Å². The third kappa shape index (κ3) is 5.23. The van der Waals surface area contributed by atoms with Gasteiger partial charge < -0.3 is 15.0 Å². The minimum Gasteiger partial charge on any atom is -0.485 e. The van der Waals surface area contributed by atoms with Crippen LogP contribution in [0.3, 0.4) is 0 Å². The highest BCUT2D eigenvalue weighted by Gasteiger charge is 2.20. The Labute approximate surface area is 126 Å². The summed E-state index contributed by atoms with van der Waals surface area (Å²) in [6, 6.07) is 5.14. The summed E-state index contributed by atoms with van der Waals surface area (Å²) in [5, 5.41) is 14.4. The van der Waals surface area contributed by atoms with Crippen LogP contribution in [-0.2, 0) is 0 Å². The van der Waals surface area contributed by atoms with Crippen molar-refractivity contribution in [2.75, 3.05) is 38.1 Å². The van der Waals surface area contributed by atoms with Gasteiger partial charge in [-0.2, -0.15) is 0 Å². The molecule has 6 heteroatoms. The molecule has 0 aliphatic carbocycles. The van der Waals surface area contributed by atoms with E-state index < -0.39 is 0 Å². The maximum atomic E-state index is 11.3. The number of nitrogens with zero attached hydrogens (tertiary/aromatic N) is 2. The zero-order valence-electron chi connectivity index (χ0n) is 13.1. The summed E-state index contributed by atoms with van der Waals surface area (Å²) in [7, 11) is 0. The number of nitro groups is 1. The number of nitro benzene ring substituents is 1. The Morgan fingerprint density at radius 1 is 1.29 bits per heavy atom. The van der Waals surface area contributed by atoms with Crippen molar-refractivity contribution in [2.45, 2.75) is 27.2 Å². The van der Waals surface area contributed by atoms with Crippen molar-refractivity contribution in [3.8, 4) is 5.75 Å². The Hall–Kier alpha value is -1.82. The summed E-state index contributed by atoms with van der Waals surface area (Å²) < 4.78 is 5.63. The average molecular weight is 295 g/mol. The van der Waals surface area contributed by atoms with Crippen molar-refractivity contribution < 1.29 is 9.66 Å². The van der Waals surface area contributed by atoms with Gasteiger partial charge in [-0.3, -0.25) is 10.1 Å². The maximum absolute atomic E-state index is 11.3. The third-order valence-electron chi connectivity index (χ3n) is 3.31. The first-order valence-electron chi connectivity index (χ1n) is 7.50. The van der Waals surface area contributed by atoms with Crippen LogP contribution >= 0.6 is 0 Å². The summed E-state index contributed by atoms with van der Waals surface area (Å²) in [5.41, 5.74) is 0.535. The molecule has 6 nitrogen and oxygen atoms in total. The monoisotopic (exact) mass is 295 g/mol. The van der Waals surface area contributed by atoms with Crippen LogP contribution < -0.4 is 10.1 Å². The van der Waals surface area contributed by atoms with Gasteiger partial charge in [0.1, 0.15) is 12.3 Å². The Balaban J connectivity index is 2.78.